The third kappa shape index (κ3) is 4.46. The maximum atomic E-state index is 12.6. The van der Waals surface area contributed by atoms with Crippen molar-refractivity contribution < 1.29 is 14.3 Å². The van der Waals surface area contributed by atoms with E-state index in [1.807, 2.05) is 65.0 Å². The van der Waals surface area contributed by atoms with E-state index in [0.29, 0.717) is 5.69 Å². The van der Waals surface area contributed by atoms with Gasteiger partial charge < -0.3 is 15.2 Å². The molecule has 0 radical (unpaired) electrons. The van der Waals surface area contributed by atoms with Crippen LogP contribution in [0.4, 0.5) is 5.69 Å². The van der Waals surface area contributed by atoms with Gasteiger partial charge in [0.1, 0.15) is 0 Å². The van der Waals surface area contributed by atoms with Gasteiger partial charge >= 0.3 is 5.97 Å². The van der Waals surface area contributed by atoms with Gasteiger partial charge in [0, 0.05) is 15.7 Å². The number of hydrogen-bond donors (Lipinski definition) is 1. The third-order valence-corrected chi connectivity index (χ3v) is 4.79. The number of carbonyl (C=O) groups excluding carboxylic acids is 1. The molecule has 2 rings (SSSR count). The number of nitrogen functional groups attached to an aromatic ring is 1. The number of carbonyl (C=O) groups is 1. The fraction of sp³-hybridized carbons (Fsp3) is 0.381. The van der Waals surface area contributed by atoms with Gasteiger partial charge in [-0.1, -0.05) is 29.8 Å². The number of hydrogen-bond acceptors (Lipinski definition) is 4. The topological polar surface area (TPSA) is 61.5 Å². The van der Waals surface area contributed by atoms with E-state index >= 15 is 0 Å². The van der Waals surface area contributed by atoms with Crippen molar-refractivity contribution in [2.45, 2.75) is 46.3 Å². The molecular weight excluding hydrogens is 394 g/mol. The summed E-state index contributed by atoms with van der Waals surface area (Å²) < 4.78 is 11.9. The highest BCUT2D eigenvalue weighted by Gasteiger charge is 2.32. The molecular formula is C21H26BrNO3. The summed E-state index contributed by atoms with van der Waals surface area (Å²) in [7, 11) is 1.37. The highest BCUT2D eigenvalue weighted by molar-refractivity contribution is 9.10. The zero-order valence-corrected chi connectivity index (χ0v) is 17.7. The van der Waals surface area contributed by atoms with Crippen LogP contribution in [0.5, 0.6) is 0 Å². The second-order valence-corrected chi connectivity index (χ2v) is 8.21. The highest BCUT2D eigenvalue weighted by Crippen LogP contribution is 2.41. The molecule has 0 saturated carbocycles. The zero-order valence-electron chi connectivity index (χ0n) is 16.1. The van der Waals surface area contributed by atoms with Crippen molar-refractivity contribution in [3.8, 4) is 11.1 Å². The van der Waals surface area contributed by atoms with E-state index in [-0.39, 0.29) is 0 Å². The van der Waals surface area contributed by atoms with E-state index in [1.54, 1.807) is 0 Å². The van der Waals surface area contributed by atoms with Crippen molar-refractivity contribution in [2.24, 2.45) is 0 Å². The molecule has 140 valence electrons. The van der Waals surface area contributed by atoms with Gasteiger partial charge in [-0.2, -0.15) is 0 Å². The van der Waals surface area contributed by atoms with Gasteiger partial charge in [-0.05, 0) is 73.3 Å². The molecule has 0 saturated heterocycles. The summed E-state index contributed by atoms with van der Waals surface area (Å²) >= 11 is 3.53. The lowest BCUT2D eigenvalue weighted by molar-refractivity contribution is -0.164. The van der Waals surface area contributed by atoms with Crippen LogP contribution in [0.25, 0.3) is 11.1 Å². The first-order chi connectivity index (χ1) is 12.0. The molecule has 1 atom stereocenters. The van der Waals surface area contributed by atoms with Crippen molar-refractivity contribution in [1.82, 2.24) is 0 Å². The van der Waals surface area contributed by atoms with Crippen molar-refractivity contribution in [1.29, 1.82) is 0 Å². The quantitative estimate of drug-likeness (QED) is 0.536. The van der Waals surface area contributed by atoms with Gasteiger partial charge in [-0.15, -0.1) is 0 Å². The Bertz CT molecular complexity index is 807. The van der Waals surface area contributed by atoms with Crippen LogP contribution in [0.3, 0.4) is 0 Å². The molecule has 4 nitrogen and oxygen atoms in total. The van der Waals surface area contributed by atoms with Crippen LogP contribution in [0.1, 0.15) is 43.6 Å². The summed E-state index contributed by atoms with van der Waals surface area (Å²) in [5, 5.41) is 0. The number of halogens is 1. The molecule has 0 bridgehead atoms. The van der Waals surface area contributed by atoms with Crippen LogP contribution in [0, 0.1) is 13.8 Å². The first-order valence-corrected chi connectivity index (χ1v) is 9.25. The standard InChI is InChI=1S/C21H26BrNO3/c1-12-7-9-14(10-8-12)15-11-16(22)18(23)13(2)17(15)19(20(24)25-6)26-21(3,4)5/h7-11,19H,23H2,1-6H3. The maximum absolute atomic E-state index is 12.6. The molecule has 0 aliphatic rings. The zero-order chi connectivity index (χ0) is 19.6. The number of aryl methyl sites for hydroxylation is 1. The van der Waals surface area contributed by atoms with Gasteiger partial charge in [0.05, 0.1) is 12.7 Å². The Balaban J connectivity index is 2.76. The minimum atomic E-state index is -0.869. The average Bonchev–Trinajstić information content (AvgIpc) is 2.57. The van der Waals surface area contributed by atoms with Crippen molar-refractivity contribution in [3.63, 3.8) is 0 Å². The molecule has 0 aliphatic heterocycles. The maximum Gasteiger partial charge on any atom is 0.339 e. The fourth-order valence-corrected chi connectivity index (χ4v) is 3.33. The van der Waals surface area contributed by atoms with Crippen LogP contribution in [0.2, 0.25) is 0 Å². The summed E-state index contributed by atoms with van der Waals surface area (Å²) in [6.45, 7) is 9.66. The molecule has 0 aliphatic carbocycles. The van der Waals surface area contributed by atoms with Gasteiger partial charge in [0.2, 0.25) is 0 Å². The first-order valence-electron chi connectivity index (χ1n) is 8.46. The van der Waals surface area contributed by atoms with Crippen LogP contribution in [-0.2, 0) is 14.3 Å². The molecule has 5 heteroatoms. The van der Waals surface area contributed by atoms with Crippen molar-refractivity contribution >= 4 is 27.6 Å². The van der Waals surface area contributed by atoms with Crippen LogP contribution in [-0.4, -0.2) is 18.7 Å². The van der Waals surface area contributed by atoms with E-state index in [9.17, 15) is 4.79 Å². The molecule has 2 aromatic rings. The number of anilines is 1. The molecule has 2 aromatic carbocycles. The van der Waals surface area contributed by atoms with Gasteiger partial charge in [0.15, 0.2) is 6.10 Å². The molecule has 26 heavy (non-hydrogen) atoms. The lowest BCUT2D eigenvalue weighted by atomic mass is 9.90. The number of methoxy groups -OCH3 is 1. The normalized spacial score (nSPS) is 12.7. The predicted octanol–water partition coefficient (Wildman–Crippen LogP) is 5.34. The number of nitrogens with two attached hydrogens (primary N) is 1. The van der Waals surface area contributed by atoms with Gasteiger partial charge in [-0.25, -0.2) is 4.79 Å². The van der Waals surface area contributed by atoms with E-state index in [0.717, 1.165) is 32.3 Å². The monoisotopic (exact) mass is 419 g/mol. The molecule has 0 aromatic heterocycles. The van der Waals surface area contributed by atoms with Crippen molar-refractivity contribution in [3.05, 3.63) is 51.5 Å². The molecule has 2 N–H and O–H groups in total. The second-order valence-electron chi connectivity index (χ2n) is 7.36. The van der Waals surface area contributed by atoms with E-state index < -0.39 is 17.7 Å². The molecule has 0 heterocycles. The number of rotatable bonds is 4. The summed E-state index contributed by atoms with van der Waals surface area (Å²) in [5.41, 5.74) is 10.9. The summed E-state index contributed by atoms with van der Waals surface area (Å²) in [5.74, 6) is -0.446. The fourth-order valence-electron chi connectivity index (χ4n) is 2.80. The lowest BCUT2D eigenvalue weighted by Crippen LogP contribution is -2.29. The molecule has 0 fully saturated rings. The second kappa shape index (κ2) is 7.80. The minimum Gasteiger partial charge on any atom is -0.467 e. The van der Waals surface area contributed by atoms with E-state index in [2.05, 4.69) is 15.9 Å². The Kier molecular flexibility index (Phi) is 6.14. The molecule has 0 spiro atoms. The third-order valence-electron chi connectivity index (χ3n) is 4.14. The van der Waals surface area contributed by atoms with Crippen LogP contribution < -0.4 is 5.73 Å². The first kappa shape index (κ1) is 20.5. The average molecular weight is 420 g/mol. The SMILES string of the molecule is COC(=O)C(OC(C)(C)C)c1c(-c2ccc(C)cc2)cc(Br)c(N)c1C. The molecule has 1 unspecified atom stereocenters. The predicted molar refractivity (Wildman–Crippen MR) is 109 cm³/mol. The summed E-state index contributed by atoms with van der Waals surface area (Å²) in [6.07, 6.45) is -0.869. The number of ether oxygens (including phenoxy) is 2. The Labute approximate surface area is 163 Å². The van der Waals surface area contributed by atoms with Crippen LogP contribution >= 0.6 is 15.9 Å². The smallest absolute Gasteiger partial charge is 0.339 e. The summed E-state index contributed by atoms with van der Waals surface area (Å²) in [4.78, 5) is 12.6. The minimum absolute atomic E-state index is 0.446. The van der Waals surface area contributed by atoms with Gasteiger partial charge in [-0.3, -0.25) is 0 Å². The van der Waals surface area contributed by atoms with Gasteiger partial charge in [0.25, 0.3) is 0 Å². The van der Waals surface area contributed by atoms with E-state index in [1.165, 1.54) is 7.11 Å². The Morgan fingerprint density at radius 3 is 2.23 bits per heavy atom. The summed E-state index contributed by atoms with van der Waals surface area (Å²) in [6, 6.07) is 10.1. The number of esters is 1. The molecule has 0 amide bonds. The lowest BCUT2D eigenvalue weighted by Gasteiger charge is -2.29. The van der Waals surface area contributed by atoms with Crippen LogP contribution in [0.15, 0.2) is 34.8 Å². The highest BCUT2D eigenvalue weighted by atomic mass is 79.9. The Hall–Kier alpha value is -1.85. The van der Waals surface area contributed by atoms with Crippen molar-refractivity contribution in [2.75, 3.05) is 12.8 Å². The van der Waals surface area contributed by atoms with E-state index in [4.69, 9.17) is 15.2 Å². The Morgan fingerprint density at radius 2 is 1.73 bits per heavy atom. The largest absolute Gasteiger partial charge is 0.467 e. The number of benzene rings is 2. The Morgan fingerprint density at radius 1 is 1.15 bits per heavy atom.